The number of hydrogen-bond acceptors (Lipinski definition) is 1. The molecule has 0 fully saturated rings. The number of benzene rings is 3. The van der Waals surface area contributed by atoms with Gasteiger partial charge in [-0.2, -0.15) is 0 Å². The Morgan fingerprint density at radius 2 is 1.61 bits per heavy atom. The maximum atomic E-state index is 6.50. The lowest BCUT2D eigenvalue weighted by atomic mass is 9.46. The SMILES string of the molecule is Bc1cccc2c1C(CC(C)c1cccc3c4c(oc13)C=C=C=C4)C(/C=C\C)C21c2ccccc2C(C)(C)C2C=CC=CC21. The fourth-order valence-electron chi connectivity index (χ4n) is 9.74. The summed E-state index contributed by atoms with van der Waals surface area (Å²) in [5, 5.41) is 1.17. The Bertz CT molecular complexity index is 2020. The molecule has 216 valence electrons. The molecule has 0 saturated carbocycles. The molecule has 4 aliphatic carbocycles. The van der Waals surface area contributed by atoms with Crippen molar-refractivity contribution in [2.75, 3.05) is 0 Å². The summed E-state index contributed by atoms with van der Waals surface area (Å²) in [6.07, 6.45) is 19.5. The molecule has 0 radical (unpaired) electrons. The predicted octanol–water partition coefficient (Wildman–Crippen LogP) is 8.90. The summed E-state index contributed by atoms with van der Waals surface area (Å²) in [5.74, 6) is 2.67. The number of rotatable bonds is 4. The summed E-state index contributed by atoms with van der Waals surface area (Å²) in [6.45, 7) is 9.53. The highest BCUT2D eigenvalue weighted by Gasteiger charge is 2.62. The van der Waals surface area contributed by atoms with Gasteiger partial charge in [0.2, 0.25) is 0 Å². The number of hydrogen-bond donors (Lipinski definition) is 0. The van der Waals surface area contributed by atoms with Gasteiger partial charge in [-0.05, 0) is 76.2 Å². The van der Waals surface area contributed by atoms with Crippen LogP contribution < -0.4 is 5.46 Å². The van der Waals surface area contributed by atoms with Crippen LogP contribution in [0, 0.1) is 17.8 Å². The molecule has 1 aromatic heterocycles. The molecule has 3 aromatic carbocycles. The van der Waals surface area contributed by atoms with Gasteiger partial charge in [-0.3, -0.25) is 0 Å². The summed E-state index contributed by atoms with van der Waals surface area (Å²) in [7, 11) is 2.34. The van der Waals surface area contributed by atoms with Crippen molar-refractivity contribution in [3.8, 4) is 0 Å². The van der Waals surface area contributed by atoms with Crippen LogP contribution in [0.4, 0.5) is 0 Å². The van der Waals surface area contributed by atoms with E-state index < -0.39 is 0 Å². The van der Waals surface area contributed by atoms with Crippen LogP contribution in [0.3, 0.4) is 0 Å². The second-order valence-corrected chi connectivity index (χ2v) is 14.0. The predicted molar refractivity (Wildman–Crippen MR) is 186 cm³/mol. The standard InChI is InChI=1S/C42H39BO/c1-5-14-31-30(25-26(2)27-16-12-17-29-28-15-6-11-24-38(28)44-40(27)29)39-36(22-13-23-37(39)43)42(31)34-20-9-7-18-32(34)41(3,4)33-19-8-10-21-35(33)42/h5,7-10,12-24,26,30-32,34H,25,43H2,1-4H3/b14-5-. The molecule has 2 heteroatoms. The lowest BCUT2D eigenvalue weighted by Crippen LogP contribution is -2.53. The zero-order valence-electron chi connectivity index (χ0n) is 26.4. The minimum absolute atomic E-state index is 0.0371. The van der Waals surface area contributed by atoms with Crippen LogP contribution in [0.5, 0.6) is 0 Å². The molecule has 44 heavy (non-hydrogen) atoms. The molecule has 4 aromatic rings. The Balaban J connectivity index is 1.34. The third-order valence-corrected chi connectivity index (χ3v) is 11.5. The highest BCUT2D eigenvalue weighted by Crippen LogP contribution is 2.67. The van der Waals surface area contributed by atoms with Gasteiger partial charge in [-0.1, -0.05) is 135 Å². The Hall–Kier alpha value is -4.22. The molecule has 1 nitrogen and oxygen atoms in total. The second-order valence-electron chi connectivity index (χ2n) is 14.0. The fourth-order valence-corrected chi connectivity index (χ4v) is 9.74. The number of furan rings is 1. The van der Waals surface area contributed by atoms with Crippen LogP contribution in [0.15, 0.2) is 113 Å². The lowest BCUT2D eigenvalue weighted by molar-refractivity contribution is 0.156. The van der Waals surface area contributed by atoms with Crippen LogP contribution in [0.25, 0.3) is 23.1 Å². The maximum absolute atomic E-state index is 6.50. The topological polar surface area (TPSA) is 13.1 Å². The molecule has 6 unspecified atom stereocenters. The quantitative estimate of drug-likeness (QED) is 0.120. The molecular weight excluding hydrogens is 531 g/mol. The molecule has 0 aliphatic heterocycles. The van der Waals surface area contributed by atoms with E-state index in [1.54, 1.807) is 5.56 Å². The van der Waals surface area contributed by atoms with Gasteiger partial charge in [0, 0.05) is 28.5 Å². The van der Waals surface area contributed by atoms with E-state index in [0.29, 0.717) is 29.6 Å². The summed E-state index contributed by atoms with van der Waals surface area (Å²) in [5.41, 5.74) is 17.0. The van der Waals surface area contributed by atoms with Crippen molar-refractivity contribution in [1.29, 1.82) is 0 Å². The Kier molecular flexibility index (Phi) is 6.15. The summed E-state index contributed by atoms with van der Waals surface area (Å²) in [6, 6.07) is 23.1. The largest absolute Gasteiger partial charge is 0.455 e. The van der Waals surface area contributed by atoms with Gasteiger partial charge in [0.25, 0.3) is 0 Å². The molecule has 1 spiro atoms. The van der Waals surface area contributed by atoms with Gasteiger partial charge in [0.1, 0.15) is 19.2 Å². The van der Waals surface area contributed by atoms with Crippen molar-refractivity contribution in [3.05, 3.63) is 148 Å². The van der Waals surface area contributed by atoms with Gasteiger partial charge in [0.15, 0.2) is 0 Å². The molecule has 1 heterocycles. The average molecular weight is 571 g/mol. The smallest absolute Gasteiger partial charge is 0.144 e. The molecule has 6 atom stereocenters. The van der Waals surface area contributed by atoms with Crippen LogP contribution in [-0.2, 0) is 10.8 Å². The van der Waals surface area contributed by atoms with Crippen LogP contribution in [-0.4, -0.2) is 7.85 Å². The first-order chi connectivity index (χ1) is 21.4. The first-order valence-electron chi connectivity index (χ1n) is 16.3. The van der Waals surface area contributed by atoms with Crippen LogP contribution in [0.2, 0.25) is 0 Å². The van der Waals surface area contributed by atoms with Gasteiger partial charge in [-0.15, -0.1) is 0 Å². The zero-order valence-corrected chi connectivity index (χ0v) is 26.4. The average Bonchev–Trinajstić information content (AvgIpc) is 3.55. The third-order valence-electron chi connectivity index (χ3n) is 11.5. The number of fused-ring (bicyclic) bond motifs is 9. The van der Waals surface area contributed by atoms with E-state index >= 15 is 0 Å². The van der Waals surface area contributed by atoms with Crippen molar-refractivity contribution < 1.29 is 4.42 Å². The van der Waals surface area contributed by atoms with Gasteiger partial charge < -0.3 is 4.42 Å². The number of allylic oxidation sites excluding steroid dienone is 6. The molecule has 4 aliphatic rings. The first kappa shape index (κ1) is 27.3. The Labute approximate surface area is 262 Å². The van der Waals surface area contributed by atoms with E-state index in [9.17, 15) is 0 Å². The van der Waals surface area contributed by atoms with Crippen molar-refractivity contribution in [1.82, 2.24) is 0 Å². The summed E-state index contributed by atoms with van der Waals surface area (Å²) in [4.78, 5) is 0. The van der Waals surface area contributed by atoms with Crippen LogP contribution in [0.1, 0.15) is 85.1 Å². The number of para-hydroxylation sites is 1. The minimum atomic E-state index is -0.146. The van der Waals surface area contributed by atoms with Crippen molar-refractivity contribution >= 4 is 36.4 Å². The van der Waals surface area contributed by atoms with E-state index in [4.69, 9.17) is 4.42 Å². The lowest BCUT2D eigenvalue weighted by Gasteiger charge is -2.56. The summed E-state index contributed by atoms with van der Waals surface area (Å²) < 4.78 is 6.50. The molecular formula is C42H39BO. The molecule has 8 rings (SSSR count). The Morgan fingerprint density at radius 3 is 2.43 bits per heavy atom. The van der Waals surface area contributed by atoms with Gasteiger partial charge in [0.05, 0.1) is 0 Å². The fraction of sp³-hybridized carbons (Fsp3) is 0.286. The van der Waals surface area contributed by atoms with Gasteiger partial charge in [-0.25, -0.2) is 0 Å². The highest BCUT2D eigenvalue weighted by molar-refractivity contribution is 6.33. The zero-order chi connectivity index (χ0) is 30.2. The second kappa shape index (κ2) is 9.90. The first-order valence-corrected chi connectivity index (χ1v) is 16.3. The van der Waals surface area contributed by atoms with E-state index in [1.165, 1.54) is 33.1 Å². The molecule has 0 bridgehead atoms. The molecule has 0 N–H and O–H groups in total. The van der Waals surface area contributed by atoms with E-state index in [1.807, 2.05) is 12.2 Å². The Morgan fingerprint density at radius 1 is 0.886 bits per heavy atom. The third kappa shape index (κ3) is 3.56. The van der Waals surface area contributed by atoms with Crippen molar-refractivity contribution in [3.63, 3.8) is 0 Å². The highest BCUT2D eigenvalue weighted by atomic mass is 16.3. The van der Waals surface area contributed by atoms with Gasteiger partial charge >= 0.3 is 0 Å². The van der Waals surface area contributed by atoms with E-state index in [-0.39, 0.29) is 10.8 Å². The van der Waals surface area contributed by atoms with E-state index in [0.717, 1.165) is 23.3 Å². The summed E-state index contributed by atoms with van der Waals surface area (Å²) >= 11 is 0. The van der Waals surface area contributed by atoms with Crippen LogP contribution >= 0.6 is 0 Å². The minimum Gasteiger partial charge on any atom is -0.455 e. The van der Waals surface area contributed by atoms with Crippen molar-refractivity contribution in [2.45, 2.75) is 56.8 Å². The monoisotopic (exact) mass is 570 g/mol. The molecule has 0 amide bonds. The molecule has 0 saturated heterocycles. The van der Waals surface area contributed by atoms with E-state index in [2.05, 4.69) is 144 Å². The normalized spacial score (nSPS) is 27.5. The van der Waals surface area contributed by atoms with Crippen molar-refractivity contribution in [2.24, 2.45) is 17.8 Å². The maximum Gasteiger partial charge on any atom is 0.144 e.